The second-order valence-corrected chi connectivity index (χ2v) is 10.8. The van der Waals surface area contributed by atoms with Gasteiger partial charge in [0, 0.05) is 25.2 Å². The average molecular weight is 500 g/mol. The Bertz CT molecular complexity index is 1330. The molecule has 3 rings (SSSR count). The summed E-state index contributed by atoms with van der Waals surface area (Å²) in [4.78, 5) is 27.2. The molecule has 0 saturated heterocycles. The molecule has 3 aromatic carbocycles. The van der Waals surface area contributed by atoms with Crippen molar-refractivity contribution in [3.05, 3.63) is 78.1 Å². The minimum Gasteiger partial charge on any atom is -0.352 e. The van der Waals surface area contributed by atoms with E-state index in [1.54, 1.807) is 32.0 Å². The smallest absolute Gasteiger partial charge is 0.243 e. The minimum atomic E-state index is -3.99. The summed E-state index contributed by atoms with van der Waals surface area (Å²) in [6, 6.07) is 17.0. The molecule has 186 valence electrons. The van der Waals surface area contributed by atoms with Gasteiger partial charge in [-0.1, -0.05) is 48.5 Å². The minimum absolute atomic E-state index is 0.0535. The first-order valence-electron chi connectivity index (χ1n) is 11.3. The number of hydrogen-bond acceptors (Lipinski definition) is 4. The van der Waals surface area contributed by atoms with Crippen molar-refractivity contribution >= 4 is 32.6 Å². The first-order valence-corrected chi connectivity index (χ1v) is 12.7. The molecule has 0 fully saturated rings. The van der Waals surface area contributed by atoms with Crippen LogP contribution in [0.25, 0.3) is 10.8 Å². The van der Waals surface area contributed by atoms with Gasteiger partial charge in [0.15, 0.2) is 0 Å². The van der Waals surface area contributed by atoms with Crippen molar-refractivity contribution in [3.63, 3.8) is 0 Å². The Morgan fingerprint density at radius 3 is 2.23 bits per heavy atom. The van der Waals surface area contributed by atoms with Gasteiger partial charge in [0.2, 0.25) is 21.8 Å². The summed E-state index contributed by atoms with van der Waals surface area (Å²) in [6.45, 7) is 4.42. The van der Waals surface area contributed by atoms with Crippen LogP contribution in [-0.4, -0.2) is 55.1 Å². The molecule has 0 aliphatic heterocycles. The number of sulfonamides is 1. The van der Waals surface area contributed by atoms with Crippen molar-refractivity contribution in [3.8, 4) is 0 Å². The highest BCUT2D eigenvalue weighted by atomic mass is 32.2. The number of nitrogens with one attached hydrogen (secondary N) is 1. The monoisotopic (exact) mass is 499 g/mol. The molecule has 0 aromatic heterocycles. The molecule has 0 aliphatic carbocycles. The topological polar surface area (TPSA) is 86.8 Å². The van der Waals surface area contributed by atoms with Crippen LogP contribution in [-0.2, 0) is 26.2 Å². The predicted octanol–water partition coefficient (Wildman–Crippen LogP) is 3.54. The number of halogens is 1. The quantitative estimate of drug-likeness (QED) is 0.488. The maximum absolute atomic E-state index is 14.3. The zero-order valence-electron chi connectivity index (χ0n) is 20.2. The maximum Gasteiger partial charge on any atom is 0.243 e. The SMILES string of the molecule is CC(C)NC(=O)[C@@H](C)N(Cc1ccccc1F)C(=O)CN(C)S(=O)(=O)c1ccc2ccccc2c1. The summed E-state index contributed by atoms with van der Waals surface area (Å²) >= 11 is 0. The Kier molecular flexibility index (Phi) is 8.24. The second kappa shape index (κ2) is 11.0. The number of likely N-dealkylation sites (N-methyl/N-ethyl adjacent to an activating group) is 1. The van der Waals surface area contributed by atoms with Crippen molar-refractivity contribution < 1.29 is 22.4 Å². The van der Waals surface area contributed by atoms with E-state index in [0.717, 1.165) is 15.1 Å². The lowest BCUT2D eigenvalue weighted by Crippen LogP contribution is -2.51. The third-order valence-corrected chi connectivity index (χ3v) is 7.48. The molecule has 3 aromatic rings. The van der Waals surface area contributed by atoms with E-state index in [0.29, 0.717) is 0 Å². The zero-order chi connectivity index (χ0) is 25.8. The highest BCUT2D eigenvalue weighted by Crippen LogP contribution is 2.22. The number of fused-ring (bicyclic) bond motifs is 1. The molecule has 0 aliphatic rings. The molecule has 0 spiro atoms. The fourth-order valence-electron chi connectivity index (χ4n) is 3.67. The molecule has 7 nitrogen and oxygen atoms in total. The second-order valence-electron chi connectivity index (χ2n) is 8.72. The molecule has 0 saturated carbocycles. The van der Waals surface area contributed by atoms with Gasteiger partial charge in [0.05, 0.1) is 11.4 Å². The van der Waals surface area contributed by atoms with Crippen molar-refractivity contribution in [1.82, 2.24) is 14.5 Å². The van der Waals surface area contributed by atoms with Gasteiger partial charge in [-0.15, -0.1) is 0 Å². The summed E-state index contributed by atoms with van der Waals surface area (Å²) in [6.07, 6.45) is 0. The van der Waals surface area contributed by atoms with Crippen LogP contribution in [0.1, 0.15) is 26.3 Å². The van der Waals surface area contributed by atoms with Gasteiger partial charge in [-0.2, -0.15) is 4.31 Å². The number of carbonyl (C=O) groups is 2. The summed E-state index contributed by atoms with van der Waals surface area (Å²) in [7, 11) is -2.69. The van der Waals surface area contributed by atoms with E-state index in [4.69, 9.17) is 0 Å². The lowest BCUT2D eigenvalue weighted by Gasteiger charge is -2.31. The molecule has 1 N–H and O–H groups in total. The summed E-state index contributed by atoms with van der Waals surface area (Å²) in [5.74, 6) is -1.55. The molecular weight excluding hydrogens is 469 g/mol. The van der Waals surface area contributed by atoms with Gasteiger partial charge >= 0.3 is 0 Å². The highest BCUT2D eigenvalue weighted by molar-refractivity contribution is 7.89. The van der Waals surface area contributed by atoms with Crippen molar-refractivity contribution in [2.45, 2.75) is 44.3 Å². The Morgan fingerprint density at radius 1 is 0.943 bits per heavy atom. The van der Waals surface area contributed by atoms with Gasteiger partial charge in [-0.05, 0) is 49.7 Å². The van der Waals surface area contributed by atoms with E-state index in [1.807, 2.05) is 24.3 Å². The summed E-state index contributed by atoms with van der Waals surface area (Å²) in [5.41, 5.74) is 0.227. The molecule has 9 heteroatoms. The highest BCUT2D eigenvalue weighted by Gasteiger charge is 2.31. The molecule has 1 atom stereocenters. The summed E-state index contributed by atoms with van der Waals surface area (Å²) in [5, 5.41) is 4.40. The lowest BCUT2D eigenvalue weighted by molar-refractivity contribution is -0.140. The van der Waals surface area contributed by atoms with E-state index in [1.165, 1.54) is 43.1 Å². The normalized spacial score (nSPS) is 12.7. The van der Waals surface area contributed by atoms with E-state index < -0.39 is 40.2 Å². The van der Waals surface area contributed by atoms with E-state index >= 15 is 0 Å². The van der Waals surface area contributed by atoms with Crippen LogP contribution >= 0.6 is 0 Å². The largest absolute Gasteiger partial charge is 0.352 e. The van der Waals surface area contributed by atoms with Gasteiger partial charge in [-0.3, -0.25) is 9.59 Å². The first-order chi connectivity index (χ1) is 16.5. The van der Waals surface area contributed by atoms with Crippen LogP contribution < -0.4 is 5.32 Å². The average Bonchev–Trinajstić information content (AvgIpc) is 2.82. The van der Waals surface area contributed by atoms with E-state index in [2.05, 4.69) is 5.32 Å². The van der Waals surface area contributed by atoms with Crippen LogP contribution in [0.2, 0.25) is 0 Å². The van der Waals surface area contributed by atoms with Gasteiger partial charge < -0.3 is 10.2 Å². The lowest BCUT2D eigenvalue weighted by atomic mass is 10.1. The third kappa shape index (κ3) is 6.23. The summed E-state index contributed by atoms with van der Waals surface area (Å²) < 4.78 is 41.7. The Balaban J connectivity index is 1.86. The Hall–Kier alpha value is -3.30. The predicted molar refractivity (Wildman–Crippen MR) is 133 cm³/mol. The number of hydrogen-bond donors (Lipinski definition) is 1. The molecule has 2 amide bonds. The number of benzene rings is 3. The number of nitrogens with zero attached hydrogens (tertiary/aromatic N) is 2. The van der Waals surface area contributed by atoms with Crippen molar-refractivity contribution in [2.24, 2.45) is 0 Å². The van der Waals surface area contributed by atoms with Crippen molar-refractivity contribution in [2.75, 3.05) is 13.6 Å². The Labute approximate surface area is 205 Å². The van der Waals surface area contributed by atoms with Gasteiger partial charge in [-0.25, -0.2) is 12.8 Å². The standard InChI is InChI=1S/C26H30FN3O4S/c1-18(2)28-26(32)19(3)30(16-22-11-7-8-12-24(22)27)25(31)17-29(4)35(33,34)23-14-13-20-9-5-6-10-21(20)15-23/h5-15,18-19H,16-17H2,1-4H3,(H,28,32)/t19-/m1/s1. The van der Waals surface area contributed by atoms with Crippen LogP contribution in [0.4, 0.5) is 4.39 Å². The molecule has 0 radical (unpaired) electrons. The number of rotatable bonds is 9. The zero-order valence-corrected chi connectivity index (χ0v) is 21.0. The number of amides is 2. The van der Waals surface area contributed by atoms with Crippen LogP contribution in [0.15, 0.2) is 71.6 Å². The van der Waals surface area contributed by atoms with Gasteiger partial charge in [0.1, 0.15) is 11.9 Å². The van der Waals surface area contributed by atoms with Gasteiger partial charge in [0.25, 0.3) is 0 Å². The van der Waals surface area contributed by atoms with E-state index in [9.17, 15) is 22.4 Å². The van der Waals surface area contributed by atoms with Crippen LogP contribution in [0, 0.1) is 5.82 Å². The number of carbonyl (C=O) groups excluding carboxylic acids is 2. The first kappa shape index (κ1) is 26.3. The van der Waals surface area contributed by atoms with Crippen molar-refractivity contribution in [1.29, 1.82) is 0 Å². The molecule has 35 heavy (non-hydrogen) atoms. The molecule has 0 bridgehead atoms. The fourth-order valence-corrected chi connectivity index (χ4v) is 4.83. The maximum atomic E-state index is 14.3. The molecular formula is C26H30FN3O4S. The van der Waals surface area contributed by atoms with E-state index in [-0.39, 0.29) is 23.0 Å². The Morgan fingerprint density at radius 2 is 1.57 bits per heavy atom. The fraction of sp³-hybridized carbons (Fsp3) is 0.308. The van der Waals surface area contributed by atoms with Crippen LogP contribution in [0.5, 0.6) is 0 Å². The van der Waals surface area contributed by atoms with Crippen LogP contribution in [0.3, 0.4) is 0 Å². The third-order valence-electron chi connectivity index (χ3n) is 5.68. The molecule has 0 heterocycles. The molecule has 0 unspecified atom stereocenters.